The van der Waals surface area contributed by atoms with Crippen LogP contribution in [-0.4, -0.2) is 11.4 Å². The van der Waals surface area contributed by atoms with E-state index < -0.39 is 0 Å². The summed E-state index contributed by atoms with van der Waals surface area (Å²) in [5.74, 6) is 0. The number of rotatable bonds is 3. The van der Waals surface area contributed by atoms with Gasteiger partial charge >= 0.3 is 0 Å². The van der Waals surface area contributed by atoms with Crippen molar-refractivity contribution in [3.05, 3.63) is 56.6 Å². The highest BCUT2D eigenvalue weighted by Gasteiger charge is 2.08. The van der Waals surface area contributed by atoms with Gasteiger partial charge in [0.15, 0.2) is 0 Å². The summed E-state index contributed by atoms with van der Waals surface area (Å²) in [6.45, 7) is 12.0. The predicted molar refractivity (Wildman–Crippen MR) is 107 cm³/mol. The van der Waals surface area contributed by atoms with Crippen LogP contribution in [0.5, 0.6) is 0 Å². The Morgan fingerprint density at radius 2 is 0.875 bits per heavy atom. The van der Waals surface area contributed by atoms with Crippen LogP contribution in [0.4, 0.5) is 11.4 Å². The Morgan fingerprint density at radius 3 is 1.12 bits per heavy atom. The van der Waals surface area contributed by atoms with Crippen LogP contribution < -0.4 is 0 Å². The minimum absolute atomic E-state index is 0.736. The fourth-order valence-electron chi connectivity index (χ4n) is 2.66. The molecule has 0 fully saturated rings. The molecule has 0 aliphatic heterocycles. The van der Waals surface area contributed by atoms with Gasteiger partial charge in [-0.2, -0.15) is 0 Å². The van der Waals surface area contributed by atoms with Gasteiger partial charge in [-0.25, -0.2) is 0 Å². The Morgan fingerprint density at radius 1 is 0.625 bits per heavy atom. The van der Waals surface area contributed by atoms with Crippen molar-refractivity contribution in [2.45, 2.75) is 41.5 Å². The molecule has 0 aromatic heterocycles. The van der Waals surface area contributed by atoms with Crippen LogP contribution in [0.2, 0.25) is 10.0 Å². The van der Waals surface area contributed by atoms with Gasteiger partial charge in [0.2, 0.25) is 0 Å². The minimum atomic E-state index is 0.736. The molecule has 0 spiro atoms. The number of benzene rings is 2. The van der Waals surface area contributed by atoms with Crippen molar-refractivity contribution < 1.29 is 0 Å². The van der Waals surface area contributed by atoms with Gasteiger partial charge in [0, 0.05) is 10.0 Å². The summed E-state index contributed by atoms with van der Waals surface area (Å²) in [6, 6.07) is 7.72. The largest absolute Gasteiger partial charge is 0.251 e. The number of halogens is 2. The molecule has 2 nitrogen and oxygen atoms in total. The van der Waals surface area contributed by atoms with E-state index in [1.807, 2.05) is 65.8 Å². The van der Waals surface area contributed by atoms with Crippen molar-refractivity contribution in [3.63, 3.8) is 0 Å². The maximum atomic E-state index is 6.09. The van der Waals surface area contributed by atoms with Crippen LogP contribution in [-0.2, 0) is 0 Å². The predicted octanol–water partition coefficient (Wildman–Crippen LogP) is 7.11. The van der Waals surface area contributed by atoms with Crippen molar-refractivity contribution in [1.82, 2.24) is 0 Å². The van der Waals surface area contributed by atoms with Gasteiger partial charge in [-0.1, -0.05) is 23.2 Å². The molecule has 2 aromatic rings. The first-order chi connectivity index (χ1) is 11.2. The molecule has 0 heterocycles. The highest BCUT2D eigenvalue weighted by atomic mass is 35.5. The van der Waals surface area contributed by atoms with Crippen molar-refractivity contribution in [1.29, 1.82) is 0 Å². The maximum absolute atomic E-state index is 6.09. The fraction of sp³-hybridized carbons (Fsp3) is 0.300. The molecule has 0 N–H and O–H groups in total. The van der Waals surface area contributed by atoms with Gasteiger partial charge in [-0.05, 0) is 88.1 Å². The summed E-state index contributed by atoms with van der Waals surface area (Å²) in [6.07, 6.45) is 0. The summed E-state index contributed by atoms with van der Waals surface area (Å²) < 4.78 is 0. The number of aliphatic imine (C=N–C) groups is 2. The highest BCUT2D eigenvalue weighted by Crippen LogP contribution is 2.29. The zero-order chi connectivity index (χ0) is 18.0. The van der Waals surface area contributed by atoms with Crippen molar-refractivity contribution >= 4 is 46.0 Å². The number of hydrogen-bond donors (Lipinski definition) is 0. The summed E-state index contributed by atoms with van der Waals surface area (Å²) in [5.41, 5.74) is 7.93. The normalized spacial score (nSPS) is 12.7. The quantitative estimate of drug-likeness (QED) is 0.520. The Kier molecular flexibility index (Phi) is 5.84. The lowest BCUT2D eigenvalue weighted by Gasteiger charge is -2.10. The van der Waals surface area contributed by atoms with E-state index in [-0.39, 0.29) is 0 Å². The van der Waals surface area contributed by atoms with Crippen molar-refractivity contribution in [2.24, 2.45) is 9.98 Å². The Bertz CT molecular complexity index is 731. The van der Waals surface area contributed by atoms with Crippen LogP contribution in [0.3, 0.4) is 0 Å². The van der Waals surface area contributed by atoms with Crippen LogP contribution in [0.15, 0.2) is 34.3 Å². The van der Waals surface area contributed by atoms with Gasteiger partial charge in [-0.3, -0.25) is 9.98 Å². The first kappa shape index (κ1) is 18.7. The summed E-state index contributed by atoms with van der Waals surface area (Å²) >= 11 is 12.2. The molecule has 2 aromatic carbocycles. The third kappa shape index (κ3) is 4.25. The zero-order valence-corrected chi connectivity index (χ0v) is 16.5. The van der Waals surface area contributed by atoms with E-state index >= 15 is 0 Å². The van der Waals surface area contributed by atoms with Crippen LogP contribution in [0.25, 0.3) is 0 Å². The fourth-order valence-corrected chi connectivity index (χ4v) is 3.31. The average molecular weight is 361 g/mol. The van der Waals surface area contributed by atoms with E-state index in [1.165, 1.54) is 0 Å². The van der Waals surface area contributed by atoms with Crippen LogP contribution >= 0.6 is 23.2 Å². The molecule has 0 aliphatic rings. The van der Waals surface area contributed by atoms with Crippen LogP contribution in [0, 0.1) is 27.7 Å². The van der Waals surface area contributed by atoms with E-state index in [2.05, 4.69) is 0 Å². The lowest BCUT2D eigenvalue weighted by molar-refractivity contribution is 1.31. The number of nitrogens with zero attached hydrogens (tertiary/aromatic N) is 2. The SMILES string of the molecule is CC(=Nc1c(C)cc(Cl)cc1C)C(C)=Nc1c(C)cc(Cl)cc1C. The summed E-state index contributed by atoms with van der Waals surface area (Å²) in [5, 5.41) is 1.47. The molecule has 24 heavy (non-hydrogen) atoms. The van der Waals surface area contributed by atoms with E-state index in [0.29, 0.717) is 0 Å². The molecule has 0 saturated carbocycles. The second-order valence-electron chi connectivity index (χ2n) is 6.17. The number of aryl methyl sites for hydroxylation is 4. The molecule has 2 rings (SSSR count). The van der Waals surface area contributed by atoms with Crippen molar-refractivity contribution in [3.8, 4) is 0 Å². The molecule has 0 saturated heterocycles. The van der Waals surface area contributed by atoms with E-state index in [4.69, 9.17) is 33.2 Å². The molecule has 0 unspecified atom stereocenters. The Hall–Kier alpha value is -1.64. The lowest BCUT2D eigenvalue weighted by Crippen LogP contribution is -2.05. The summed E-state index contributed by atoms with van der Waals surface area (Å²) in [7, 11) is 0. The van der Waals surface area contributed by atoms with Crippen LogP contribution in [0.1, 0.15) is 36.1 Å². The molecular weight excluding hydrogens is 339 g/mol. The number of hydrogen-bond acceptors (Lipinski definition) is 2. The van der Waals surface area contributed by atoms with E-state index in [1.54, 1.807) is 0 Å². The summed E-state index contributed by atoms with van der Waals surface area (Å²) in [4.78, 5) is 9.55. The van der Waals surface area contributed by atoms with Crippen molar-refractivity contribution in [2.75, 3.05) is 0 Å². The Balaban J connectivity index is 2.45. The molecule has 0 amide bonds. The molecule has 126 valence electrons. The standard InChI is InChI=1S/C20H22Cl2N2/c1-11-7-17(21)8-12(2)19(11)23-15(5)16(6)24-20-13(3)9-18(22)10-14(20)4/h7-10H,1-6H3. The third-order valence-electron chi connectivity index (χ3n) is 3.99. The average Bonchev–Trinajstić information content (AvgIpc) is 2.46. The molecule has 4 heteroatoms. The lowest BCUT2D eigenvalue weighted by atomic mass is 10.1. The Labute approximate surface area is 154 Å². The monoisotopic (exact) mass is 360 g/mol. The molecule has 0 atom stereocenters. The first-order valence-electron chi connectivity index (χ1n) is 7.83. The van der Waals surface area contributed by atoms with Gasteiger partial charge in [0.1, 0.15) is 0 Å². The highest BCUT2D eigenvalue weighted by molar-refractivity contribution is 6.41. The molecule has 0 bridgehead atoms. The smallest absolute Gasteiger partial charge is 0.0692 e. The van der Waals surface area contributed by atoms with Gasteiger partial charge in [-0.15, -0.1) is 0 Å². The molecular formula is C20H22Cl2N2. The zero-order valence-electron chi connectivity index (χ0n) is 15.0. The second kappa shape index (κ2) is 7.50. The second-order valence-corrected chi connectivity index (χ2v) is 7.04. The van der Waals surface area contributed by atoms with Gasteiger partial charge in [0.25, 0.3) is 0 Å². The van der Waals surface area contributed by atoms with E-state index in [9.17, 15) is 0 Å². The first-order valence-corrected chi connectivity index (χ1v) is 8.59. The molecule has 0 radical (unpaired) electrons. The van der Waals surface area contributed by atoms with Gasteiger partial charge < -0.3 is 0 Å². The van der Waals surface area contributed by atoms with E-state index in [0.717, 1.165) is 55.1 Å². The van der Waals surface area contributed by atoms with Gasteiger partial charge in [0.05, 0.1) is 22.8 Å². The molecule has 0 aliphatic carbocycles. The minimum Gasteiger partial charge on any atom is -0.251 e. The maximum Gasteiger partial charge on any atom is 0.0692 e. The third-order valence-corrected chi connectivity index (χ3v) is 4.43. The topological polar surface area (TPSA) is 24.7 Å².